The van der Waals surface area contributed by atoms with Crippen molar-refractivity contribution < 1.29 is 0 Å². The van der Waals surface area contributed by atoms with E-state index in [0.29, 0.717) is 28.7 Å². The SMILES string of the molecule is Cc1cccc(Cn2c(=O)c3c(nc4n3CC(C)CN4c3cccc(Cl)c3)n(C)c2=O)c1. The number of aryl methyl sites for hydroxylation is 2. The molecule has 0 spiro atoms. The van der Waals surface area contributed by atoms with Gasteiger partial charge in [-0.1, -0.05) is 54.4 Å². The Morgan fingerprint density at radius 3 is 2.62 bits per heavy atom. The van der Waals surface area contributed by atoms with E-state index in [1.54, 1.807) is 7.05 Å². The summed E-state index contributed by atoms with van der Waals surface area (Å²) < 4.78 is 4.71. The molecule has 4 aromatic rings. The van der Waals surface area contributed by atoms with Crippen LogP contribution in [-0.4, -0.2) is 25.2 Å². The first-order valence-corrected chi connectivity index (χ1v) is 11.0. The van der Waals surface area contributed by atoms with Gasteiger partial charge in [0.25, 0.3) is 5.56 Å². The quantitative estimate of drug-likeness (QED) is 0.478. The molecule has 0 saturated heterocycles. The summed E-state index contributed by atoms with van der Waals surface area (Å²) in [5, 5.41) is 0.635. The summed E-state index contributed by atoms with van der Waals surface area (Å²) in [6.45, 7) is 5.75. The number of imidazole rings is 1. The van der Waals surface area contributed by atoms with Crippen molar-refractivity contribution in [2.24, 2.45) is 13.0 Å². The van der Waals surface area contributed by atoms with Crippen molar-refractivity contribution >= 4 is 34.4 Å². The number of benzene rings is 2. The second-order valence-electron chi connectivity index (χ2n) is 8.61. The number of hydrogen-bond acceptors (Lipinski definition) is 4. The van der Waals surface area contributed by atoms with Crippen molar-refractivity contribution in [3.05, 3.63) is 85.5 Å². The summed E-state index contributed by atoms with van der Waals surface area (Å²) in [6.07, 6.45) is 0. The first-order valence-electron chi connectivity index (χ1n) is 10.6. The Morgan fingerprint density at radius 2 is 1.88 bits per heavy atom. The van der Waals surface area contributed by atoms with Crippen molar-refractivity contribution in [1.82, 2.24) is 18.7 Å². The van der Waals surface area contributed by atoms with E-state index < -0.39 is 0 Å². The monoisotopic (exact) mass is 449 g/mol. The fraction of sp³-hybridized carbons (Fsp3) is 0.292. The summed E-state index contributed by atoms with van der Waals surface area (Å²) in [5.74, 6) is 0.932. The molecular weight excluding hydrogens is 426 g/mol. The normalized spacial score (nSPS) is 15.9. The molecule has 0 saturated carbocycles. The maximum atomic E-state index is 13.6. The molecule has 0 aliphatic carbocycles. The van der Waals surface area contributed by atoms with Crippen LogP contribution in [0.2, 0.25) is 5.02 Å². The topological polar surface area (TPSA) is 65.1 Å². The number of hydrogen-bond donors (Lipinski definition) is 0. The maximum Gasteiger partial charge on any atom is 0.332 e. The minimum absolute atomic E-state index is 0.219. The van der Waals surface area contributed by atoms with Crippen molar-refractivity contribution in [1.29, 1.82) is 0 Å². The van der Waals surface area contributed by atoms with Crippen LogP contribution in [0.1, 0.15) is 18.1 Å². The predicted molar refractivity (Wildman–Crippen MR) is 127 cm³/mol. The molecule has 3 heterocycles. The first-order chi connectivity index (χ1) is 15.3. The Hall–Kier alpha value is -3.32. The van der Waals surface area contributed by atoms with E-state index in [0.717, 1.165) is 23.4 Å². The van der Waals surface area contributed by atoms with Gasteiger partial charge in [0.2, 0.25) is 5.95 Å². The molecule has 0 bridgehead atoms. The largest absolute Gasteiger partial charge is 0.332 e. The Morgan fingerprint density at radius 1 is 1.09 bits per heavy atom. The van der Waals surface area contributed by atoms with E-state index in [1.165, 1.54) is 9.13 Å². The summed E-state index contributed by atoms with van der Waals surface area (Å²) in [5.41, 5.74) is 3.07. The average molecular weight is 450 g/mol. The zero-order valence-electron chi connectivity index (χ0n) is 18.2. The maximum absolute atomic E-state index is 13.6. The van der Waals surface area contributed by atoms with E-state index in [4.69, 9.17) is 16.6 Å². The Kier molecular flexibility index (Phi) is 4.93. The van der Waals surface area contributed by atoms with Crippen LogP contribution >= 0.6 is 11.6 Å². The summed E-state index contributed by atoms with van der Waals surface area (Å²) in [6, 6.07) is 15.4. The zero-order valence-corrected chi connectivity index (χ0v) is 19.0. The van der Waals surface area contributed by atoms with Crippen LogP contribution < -0.4 is 16.1 Å². The van der Waals surface area contributed by atoms with Gasteiger partial charge >= 0.3 is 5.69 Å². The summed E-state index contributed by atoms with van der Waals surface area (Å²) >= 11 is 6.23. The molecule has 8 heteroatoms. The zero-order chi connectivity index (χ0) is 22.6. The fourth-order valence-corrected chi connectivity index (χ4v) is 4.68. The molecule has 0 amide bonds. The average Bonchev–Trinajstić information content (AvgIpc) is 3.14. The lowest BCUT2D eigenvalue weighted by molar-refractivity contribution is 0.458. The molecule has 2 aromatic carbocycles. The van der Waals surface area contributed by atoms with Gasteiger partial charge in [0.05, 0.1) is 6.54 Å². The highest BCUT2D eigenvalue weighted by Gasteiger charge is 2.30. The molecule has 1 aliphatic rings. The third kappa shape index (κ3) is 3.33. The second kappa shape index (κ2) is 7.67. The molecule has 5 rings (SSSR count). The minimum Gasteiger partial charge on any atom is -0.312 e. The van der Waals surface area contributed by atoms with Crippen molar-refractivity contribution in [2.75, 3.05) is 11.4 Å². The van der Waals surface area contributed by atoms with Crippen molar-refractivity contribution in [3.8, 4) is 0 Å². The van der Waals surface area contributed by atoms with Gasteiger partial charge in [-0.05, 0) is 36.6 Å². The van der Waals surface area contributed by atoms with Crippen LogP contribution in [0.3, 0.4) is 0 Å². The molecule has 32 heavy (non-hydrogen) atoms. The van der Waals surface area contributed by atoms with Crippen LogP contribution in [0.4, 0.5) is 11.6 Å². The number of aromatic nitrogens is 4. The molecule has 164 valence electrons. The highest BCUT2D eigenvalue weighted by molar-refractivity contribution is 6.30. The minimum atomic E-state index is -0.373. The highest BCUT2D eigenvalue weighted by atomic mass is 35.5. The third-order valence-corrected chi connectivity index (χ3v) is 6.22. The van der Waals surface area contributed by atoms with Crippen LogP contribution in [-0.2, 0) is 20.1 Å². The van der Waals surface area contributed by atoms with Gasteiger partial charge in [-0.25, -0.2) is 4.79 Å². The van der Waals surface area contributed by atoms with E-state index in [-0.39, 0.29) is 23.7 Å². The van der Waals surface area contributed by atoms with Gasteiger partial charge in [0.1, 0.15) is 0 Å². The second-order valence-corrected chi connectivity index (χ2v) is 9.05. The molecule has 7 nitrogen and oxygen atoms in total. The van der Waals surface area contributed by atoms with Crippen LogP contribution in [0.15, 0.2) is 58.1 Å². The predicted octanol–water partition coefficient (Wildman–Crippen LogP) is 3.69. The van der Waals surface area contributed by atoms with E-state index in [2.05, 4.69) is 11.8 Å². The lowest BCUT2D eigenvalue weighted by Crippen LogP contribution is -2.40. The highest BCUT2D eigenvalue weighted by Crippen LogP contribution is 2.33. The lowest BCUT2D eigenvalue weighted by Gasteiger charge is -2.33. The third-order valence-electron chi connectivity index (χ3n) is 5.99. The molecule has 0 fully saturated rings. The number of anilines is 2. The lowest BCUT2D eigenvalue weighted by atomic mass is 10.1. The van der Waals surface area contributed by atoms with Gasteiger partial charge in [0.15, 0.2) is 11.2 Å². The van der Waals surface area contributed by atoms with Gasteiger partial charge in [-0.15, -0.1) is 0 Å². The number of halogens is 1. The van der Waals surface area contributed by atoms with E-state index in [9.17, 15) is 9.59 Å². The van der Waals surface area contributed by atoms with Crippen LogP contribution in [0, 0.1) is 12.8 Å². The number of rotatable bonds is 3. The van der Waals surface area contributed by atoms with E-state index in [1.807, 2.05) is 60.0 Å². The number of fused-ring (bicyclic) bond motifs is 3. The van der Waals surface area contributed by atoms with Crippen molar-refractivity contribution in [2.45, 2.75) is 26.9 Å². The van der Waals surface area contributed by atoms with Crippen LogP contribution in [0.5, 0.6) is 0 Å². The molecule has 2 aromatic heterocycles. The molecular formula is C24H24ClN5O2. The Balaban J connectivity index is 1.73. The van der Waals surface area contributed by atoms with Gasteiger partial charge in [-0.3, -0.25) is 13.9 Å². The number of nitrogens with zero attached hydrogens (tertiary/aromatic N) is 5. The summed E-state index contributed by atoms with van der Waals surface area (Å²) in [7, 11) is 1.67. The molecule has 1 unspecified atom stereocenters. The van der Waals surface area contributed by atoms with E-state index >= 15 is 0 Å². The first kappa shape index (κ1) is 20.6. The van der Waals surface area contributed by atoms with Crippen molar-refractivity contribution in [3.63, 3.8) is 0 Å². The Labute approximate surface area is 190 Å². The smallest absolute Gasteiger partial charge is 0.312 e. The standard InChI is InChI=1S/C24H24ClN5O2/c1-15-6-4-7-17(10-15)14-30-22(31)20-21(27(3)24(30)32)26-23-28(12-16(2)13-29(20)23)19-9-5-8-18(25)11-19/h4-11,16H,12-14H2,1-3H3. The summed E-state index contributed by atoms with van der Waals surface area (Å²) in [4.78, 5) is 33.5. The van der Waals surface area contributed by atoms with Gasteiger partial charge < -0.3 is 9.47 Å². The fourth-order valence-electron chi connectivity index (χ4n) is 4.50. The molecule has 0 N–H and O–H groups in total. The molecule has 1 atom stereocenters. The van der Waals surface area contributed by atoms with Gasteiger partial charge in [-0.2, -0.15) is 4.98 Å². The van der Waals surface area contributed by atoms with Gasteiger partial charge in [0, 0.05) is 30.8 Å². The Bertz CT molecular complexity index is 1470. The molecule has 1 aliphatic heterocycles. The van der Waals surface area contributed by atoms with Crippen LogP contribution in [0.25, 0.3) is 11.2 Å². The molecule has 0 radical (unpaired) electrons.